The molecule has 3 aromatic carbocycles. The highest BCUT2D eigenvalue weighted by atomic mass is 32.2. The lowest BCUT2D eigenvalue weighted by Gasteiger charge is -2.43. The van der Waals surface area contributed by atoms with Crippen LogP contribution in [0, 0.1) is 0 Å². The number of fused-ring (bicyclic) bond motifs is 5. The number of amides is 1. The number of hydrogen-bond acceptors (Lipinski definition) is 7. The Kier molecular flexibility index (Phi) is 7.89. The van der Waals surface area contributed by atoms with Crippen molar-refractivity contribution in [2.24, 2.45) is 0 Å². The van der Waals surface area contributed by atoms with Crippen LogP contribution < -0.4 is 15.4 Å². The largest absolute Gasteiger partial charge is 0.516 e. The van der Waals surface area contributed by atoms with E-state index in [9.17, 15) is 26.4 Å². The van der Waals surface area contributed by atoms with Gasteiger partial charge in [0.1, 0.15) is 11.4 Å². The maximum absolute atomic E-state index is 13.3. The van der Waals surface area contributed by atoms with Crippen molar-refractivity contribution in [2.75, 3.05) is 10.0 Å². The van der Waals surface area contributed by atoms with Crippen molar-refractivity contribution in [3.63, 3.8) is 0 Å². The second-order valence-corrected chi connectivity index (χ2v) is 15.0. The molecule has 50 heavy (non-hydrogen) atoms. The fourth-order valence-electron chi connectivity index (χ4n) is 6.30. The molecule has 1 aliphatic heterocycles. The summed E-state index contributed by atoms with van der Waals surface area (Å²) in [5.41, 5.74) is -1.86. The van der Waals surface area contributed by atoms with Crippen LogP contribution in [0.4, 0.5) is 35.2 Å². The van der Waals surface area contributed by atoms with Crippen LogP contribution in [0.25, 0.3) is 39.6 Å². The Hall–Kier alpha value is -5.37. The number of carbonyl (C=O) groups is 1. The number of anilines is 3. The molecule has 2 aromatic heterocycles. The molecule has 2 aliphatic rings. The Balaban J connectivity index is 1.40. The van der Waals surface area contributed by atoms with E-state index in [-0.39, 0.29) is 5.69 Å². The molecule has 1 aliphatic carbocycles. The number of rotatable bonds is 6. The number of nitrogens with one attached hydrogen (secondary N) is 3. The molecule has 5 aromatic rings. The second kappa shape index (κ2) is 11.9. The van der Waals surface area contributed by atoms with Gasteiger partial charge in [-0.25, -0.2) is 14.8 Å². The van der Waals surface area contributed by atoms with Gasteiger partial charge in [-0.15, -0.1) is 0 Å². The van der Waals surface area contributed by atoms with E-state index in [0.29, 0.717) is 39.8 Å². The number of carbonyl (C=O) groups excluding carboxylic acids is 1. The Bertz CT molecular complexity index is 2220. The molecule has 0 saturated heterocycles. The standard InChI is InChI=1S/C36H33F3N6O4S/c1-34(2,3)49-33(46)43-35(18-8-19-35)24-16-14-22(15-17-24)30-29(23-9-6-10-25(21-23)44-50(47,48)36(37,38)39)42-32-26-11-4-5-12-27(26)41-31-28(45(30)32)13-7-20-40-31/h4-7,9-17,20-21,44H,8,18-19H2,1-3H3,(H,40,41)(H,43,46). The van der Waals surface area contributed by atoms with E-state index in [2.05, 4.69) is 15.6 Å². The van der Waals surface area contributed by atoms with Crippen LogP contribution in [-0.2, 0) is 20.3 Å². The summed E-state index contributed by atoms with van der Waals surface area (Å²) in [4.78, 5) is 22.5. The fourth-order valence-corrected chi connectivity index (χ4v) is 6.85. The molecule has 1 fully saturated rings. The van der Waals surface area contributed by atoms with E-state index in [1.54, 1.807) is 23.1 Å². The molecular weight excluding hydrogens is 669 g/mol. The normalized spacial score (nSPS) is 14.9. The summed E-state index contributed by atoms with van der Waals surface area (Å²) in [6, 6.07) is 24.6. The molecule has 0 radical (unpaired) electrons. The fraction of sp³-hybridized carbons (Fsp3) is 0.250. The first-order chi connectivity index (χ1) is 23.6. The number of aromatic nitrogens is 3. The van der Waals surface area contributed by atoms with Gasteiger partial charge < -0.3 is 15.4 Å². The highest BCUT2D eigenvalue weighted by molar-refractivity contribution is 7.93. The third-order valence-corrected chi connectivity index (χ3v) is 9.79. The predicted molar refractivity (Wildman–Crippen MR) is 184 cm³/mol. The quantitative estimate of drug-likeness (QED) is 0.159. The summed E-state index contributed by atoms with van der Waals surface area (Å²) in [6.45, 7) is 5.43. The van der Waals surface area contributed by atoms with Gasteiger partial charge >= 0.3 is 21.6 Å². The number of alkyl carbamates (subject to hydrolysis) is 1. The van der Waals surface area contributed by atoms with Crippen LogP contribution >= 0.6 is 0 Å². The highest BCUT2D eigenvalue weighted by Crippen LogP contribution is 2.46. The zero-order valence-electron chi connectivity index (χ0n) is 27.3. The minimum atomic E-state index is -5.66. The average Bonchev–Trinajstić information content (AvgIpc) is 3.36. The van der Waals surface area contributed by atoms with Crippen molar-refractivity contribution in [3.05, 3.63) is 96.7 Å². The van der Waals surface area contributed by atoms with Gasteiger partial charge in [0.2, 0.25) is 0 Å². The van der Waals surface area contributed by atoms with Crippen molar-refractivity contribution in [3.8, 4) is 39.6 Å². The molecule has 1 amide bonds. The summed E-state index contributed by atoms with van der Waals surface area (Å²) in [6.07, 6.45) is 3.57. The number of imidazole rings is 1. The Labute approximate surface area is 286 Å². The van der Waals surface area contributed by atoms with Crippen molar-refractivity contribution in [2.45, 2.75) is 56.7 Å². The first-order valence-corrected chi connectivity index (χ1v) is 17.4. The number of pyridine rings is 1. The van der Waals surface area contributed by atoms with Gasteiger partial charge in [0.05, 0.1) is 28.3 Å². The number of para-hydroxylation sites is 1. The minimum Gasteiger partial charge on any atom is -0.444 e. The van der Waals surface area contributed by atoms with Gasteiger partial charge in [-0.3, -0.25) is 9.29 Å². The number of benzene rings is 3. The zero-order valence-corrected chi connectivity index (χ0v) is 28.1. The van der Waals surface area contributed by atoms with Crippen LogP contribution in [-0.4, -0.2) is 40.2 Å². The van der Waals surface area contributed by atoms with Gasteiger partial charge in [-0.2, -0.15) is 21.6 Å². The van der Waals surface area contributed by atoms with Crippen molar-refractivity contribution < 1.29 is 31.1 Å². The Morgan fingerprint density at radius 3 is 2.36 bits per heavy atom. The number of ether oxygens (including phenoxy) is 1. The summed E-state index contributed by atoms with van der Waals surface area (Å²) in [5.74, 6) is 1.10. The number of alkyl halides is 3. The van der Waals surface area contributed by atoms with Crippen LogP contribution in [0.2, 0.25) is 0 Å². The molecular formula is C36H33F3N6O4S. The lowest BCUT2D eigenvalue weighted by atomic mass is 9.71. The number of hydrogen-bond donors (Lipinski definition) is 3. The first kappa shape index (κ1) is 33.1. The number of halogens is 3. The summed E-state index contributed by atoms with van der Waals surface area (Å²) < 4.78 is 73.0. The molecule has 0 unspecified atom stereocenters. The third kappa shape index (κ3) is 6.04. The Morgan fingerprint density at radius 2 is 1.68 bits per heavy atom. The van der Waals surface area contributed by atoms with E-state index < -0.39 is 32.8 Å². The van der Waals surface area contributed by atoms with Crippen LogP contribution in [0.3, 0.4) is 0 Å². The maximum atomic E-state index is 13.3. The van der Waals surface area contributed by atoms with Crippen molar-refractivity contribution in [1.82, 2.24) is 19.9 Å². The smallest absolute Gasteiger partial charge is 0.444 e. The molecule has 0 atom stereocenters. The predicted octanol–water partition coefficient (Wildman–Crippen LogP) is 8.49. The average molecular weight is 703 g/mol. The van der Waals surface area contributed by atoms with Crippen molar-refractivity contribution in [1.29, 1.82) is 0 Å². The SMILES string of the molecule is CC(C)(C)OC(=O)NC1(c2ccc(-c3c(-c4cccc(NS(=O)(=O)C(F)(F)F)c4)nc4n3-c3cccnc3Nc3ccccc3-4)cc2)CCC1. The van der Waals surface area contributed by atoms with Crippen LogP contribution in [0.1, 0.15) is 45.6 Å². The molecule has 3 heterocycles. The number of sulfonamides is 1. The molecule has 10 nitrogen and oxygen atoms in total. The van der Waals surface area contributed by atoms with Crippen LogP contribution in [0.15, 0.2) is 91.1 Å². The number of nitrogens with zero attached hydrogens (tertiary/aromatic N) is 3. The molecule has 0 bridgehead atoms. The van der Waals surface area contributed by atoms with E-state index in [1.165, 1.54) is 18.2 Å². The highest BCUT2D eigenvalue weighted by Gasteiger charge is 2.46. The monoisotopic (exact) mass is 702 g/mol. The van der Waals surface area contributed by atoms with Gasteiger partial charge in [-0.05, 0) is 82.0 Å². The summed E-state index contributed by atoms with van der Waals surface area (Å²) in [5, 5.41) is 6.47. The molecule has 0 spiro atoms. The van der Waals surface area contributed by atoms with Crippen molar-refractivity contribution >= 4 is 33.3 Å². The second-order valence-electron chi connectivity index (χ2n) is 13.3. The van der Waals surface area contributed by atoms with Gasteiger partial charge in [0, 0.05) is 28.6 Å². The topological polar surface area (TPSA) is 127 Å². The van der Waals surface area contributed by atoms with E-state index in [4.69, 9.17) is 9.72 Å². The third-order valence-electron chi connectivity index (χ3n) is 8.68. The lowest BCUT2D eigenvalue weighted by Crippen LogP contribution is -2.52. The van der Waals surface area contributed by atoms with E-state index in [0.717, 1.165) is 36.1 Å². The molecule has 1 saturated carbocycles. The summed E-state index contributed by atoms with van der Waals surface area (Å²) >= 11 is 0. The molecule has 14 heteroatoms. The van der Waals surface area contributed by atoms with Gasteiger partial charge in [0.15, 0.2) is 5.82 Å². The summed E-state index contributed by atoms with van der Waals surface area (Å²) in [7, 11) is -5.66. The minimum absolute atomic E-state index is 0.270. The molecule has 7 rings (SSSR count). The molecule has 258 valence electrons. The van der Waals surface area contributed by atoms with Gasteiger partial charge in [0.25, 0.3) is 0 Å². The molecule has 3 N–H and O–H groups in total. The first-order valence-electron chi connectivity index (χ1n) is 15.9. The maximum Gasteiger partial charge on any atom is 0.516 e. The van der Waals surface area contributed by atoms with Gasteiger partial charge in [-0.1, -0.05) is 48.5 Å². The van der Waals surface area contributed by atoms with E-state index >= 15 is 0 Å². The Morgan fingerprint density at radius 1 is 0.940 bits per heavy atom. The van der Waals surface area contributed by atoms with Crippen LogP contribution in [0.5, 0.6) is 0 Å². The van der Waals surface area contributed by atoms with E-state index in [1.807, 2.05) is 79.9 Å². The zero-order chi connectivity index (χ0) is 35.5. The lowest BCUT2D eigenvalue weighted by molar-refractivity contribution is -0.0429.